The van der Waals surface area contributed by atoms with E-state index < -0.39 is 10.9 Å². The van der Waals surface area contributed by atoms with Crippen LogP contribution in [0, 0.1) is 33.3 Å². The van der Waals surface area contributed by atoms with Gasteiger partial charge in [0, 0.05) is 24.8 Å². The molecule has 1 amide bonds. The predicted molar refractivity (Wildman–Crippen MR) is 107 cm³/mol. The van der Waals surface area contributed by atoms with Crippen LogP contribution in [0.25, 0.3) is 6.08 Å². The lowest BCUT2D eigenvalue weighted by molar-refractivity contribution is -0.384. The van der Waals surface area contributed by atoms with Gasteiger partial charge >= 0.3 is 5.97 Å². The zero-order valence-electron chi connectivity index (χ0n) is 16.3. The van der Waals surface area contributed by atoms with Crippen LogP contribution in [0.2, 0.25) is 0 Å². The van der Waals surface area contributed by atoms with Gasteiger partial charge in [-0.15, -0.1) is 0 Å². The lowest BCUT2D eigenvalue weighted by Gasteiger charge is -2.56. The summed E-state index contributed by atoms with van der Waals surface area (Å²) in [6, 6.07) is 5.93. The smallest absolute Gasteiger partial charge is 0.331 e. The number of nitro benzene ring substituents is 1. The fourth-order valence-electron chi connectivity index (χ4n) is 5.93. The van der Waals surface area contributed by atoms with Crippen molar-refractivity contribution in [1.29, 1.82) is 0 Å². The fourth-order valence-corrected chi connectivity index (χ4v) is 5.93. The van der Waals surface area contributed by atoms with E-state index in [2.05, 4.69) is 5.32 Å². The Kier molecular flexibility index (Phi) is 5.39. The molecule has 0 saturated heterocycles. The van der Waals surface area contributed by atoms with Crippen molar-refractivity contribution in [2.45, 2.75) is 38.5 Å². The third-order valence-electron chi connectivity index (χ3n) is 6.66. The predicted octanol–water partition coefficient (Wildman–Crippen LogP) is 3.48. The Labute approximate surface area is 169 Å². The number of esters is 1. The summed E-state index contributed by atoms with van der Waals surface area (Å²) in [7, 11) is 0. The summed E-state index contributed by atoms with van der Waals surface area (Å²) in [6.45, 7) is 0.362. The molecular formula is C22H26N2O5. The van der Waals surface area contributed by atoms with Crippen molar-refractivity contribution in [2.75, 3.05) is 13.2 Å². The fraction of sp³-hybridized carbons (Fsp3) is 0.545. The Balaban J connectivity index is 1.22. The van der Waals surface area contributed by atoms with Crippen LogP contribution in [0.1, 0.15) is 44.1 Å². The van der Waals surface area contributed by atoms with Gasteiger partial charge in [0.2, 0.25) is 0 Å². The van der Waals surface area contributed by atoms with Crippen LogP contribution in [-0.2, 0) is 14.3 Å². The molecule has 0 atom stereocenters. The van der Waals surface area contributed by atoms with E-state index in [9.17, 15) is 19.7 Å². The Bertz CT molecular complexity index is 812. The highest BCUT2D eigenvalue weighted by Crippen LogP contribution is 2.59. The second-order valence-corrected chi connectivity index (χ2v) is 8.99. The summed E-state index contributed by atoms with van der Waals surface area (Å²) in [5.74, 6) is 1.55. The molecule has 29 heavy (non-hydrogen) atoms. The topological polar surface area (TPSA) is 98.5 Å². The van der Waals surface area contributed by atoms with Crippen LogP contribution < -0.4 is 5.32 Å². The summed E-state index contributed by atoms with van der Waals surface area (Å²) in [6.07, 6.45) is 10.3. The molecule has 4 saturated carbocycles. The largest absolute Gasteiger partial charge is 0.452 e. The van der Waals surface area contributed by atoms with Gasteiger partial charge < -0.3 is 10.1 Å². The number of nitrogens with one attached hydrogen (secondary N) is 1. The van der Waals surface area contributed by atoms with E-state index in [1.165, 1.54) is 62.8 Å². The maximum Gasteiger partial charge on any atom is 0.331 e. The Morgan fingerprint density at radius 2 is 1.83 bits per heavy atom. The molecule has 5 rings (SSSR count). The van der Waals surface area contributed by atoms with Crippen molar-refractivity contribution in [2.24, 2.45) is 23.2 Å². The molecule has 4 fully saturated rings. The number of non-ortho nitro benzene ring substituents is 1. The average molecular weight is 398 g/mol. The quantitative estimate of drug-likeness (QED) is 0.328. The van der Waals surface area contributed by atoms with Gasteiger partial charge in [-0.1, -0.05) is 12.1 Å². The standard InChI is InChI=1S/C22H26N2O5/c25-20(23-14-22-10-16-6-17(11-22)8-18(7-16)12-22)13-29-21(26)5-4-15-2-1-3-19(9-15)24(27)28/h1-5,9,16-18H,6-8,10-14H2,(H,23,25)/b5-4+. The van der Waals surface area contributed by atoms with Gasteiger partial charge in [0.25, 0.3) is 11.6 Å². The van der Waals surface area contributed by atoms with Crippen LogP contribution in [0.3, 0.4) is 0 Å². The van der Waals surface area contributed by atoms with Gasteiger partial charge in [0.1, 0.15) is 0 Å². The summed E-state index contributed by atoms with van der Waals surface area (Å²) in [5.41, 5.74) is 0.711. The Hall–Kier alpha value is -2.70. The summed E-state index contributed by atoms with van der Waals surface area (Å²) in [5, 5.41) is 13.7. The maximum atomic E-state index is 12.1. The maximum absolute atomic E-state index is 12.1. The molecule has 0 radical (unpaired) electrons. The molecule has 7 heteroatoms. The number of ether oxygens (including phenoxy) is 1. The zero-order valence-corrected chi connectivity index (χ0v) is 16.3. The number of carbonyl (C=O) groups excluding carboxylic acids is 2. The van der Waals surface area contributed by atoms with Gasteiger partial charge in [-0.2, -0.15) is 0 Å². The van der Waals surface area contributed by atoms with E-state index in [0.717, 1.165) is 17.8 Å². The second-order valence-electron chi connectivity index (χ2n) is 8.99. The second kappa shape index (κ2) is 7.97. The van der Waals surface area contributed by atoms with Crippen molar-refractivity contribution >= 4 is 23.6 Å². The number of nitrogens with zero attached hydrogens (tertiary/aromatic N) is 1. The van der Waals surface area contributed by atoms with E-state index in [0.29, 0.717) is 12.1 Å². The highest BCUT2D eigenvalue weighted by Gasteiger charge is 2.50. The first kappa shape index (κ1) is 19.6. The van der Waals surface area contributed by atoms with E-state index in [1.54, 1.807) is 12.1 Å². The van der Waals surface area contributed by atoms with Gasteiger partial charge in [-0.05, 0) is 73.3 Å². The molecule has 4 aliphatic carbocycles. The van der Waals surface area contributed by atoms with Crippen LogP contribution >= 0.6 is 0 Å². The molecule has 154 valence electrons. The molecule has 0 heterocycles. The number of nitro groups is 1. The average Bonchev–Trinajstić information content (AvgIpc) is 2.68. The minimum atomic E-state index is -0.651. The van der Waals surface area contributed by atoms with Gasteiger partial charge in [0.15, 0.2) is 6.61 Å². The van der Waals surface area contributed by atoms with Crippen molar-refractivity contribution in [3.8, 4) is 0 Å². The van der Waals surface area contributed by atoms with Crippen molar-refractivity contribution in [3.05, 3.63) is 46.0 Å². The molecule has 1 N–H and O–H groups in total. The number of amides is 1. The molecule has 0 unspecified atom stereocenters. The molecular weight excluding hydrogens is 372 g/mol. The van der Waals surface area contributed by atoms with Crippen molar-refractivity contribution < 1.29 is 19.2 Å². The summed E-state index contributed by atoms with van der Waals surface area (Å²) < 4.78 is 5.00. The van der Waals surface area contributed by atoms with Crippen LogP contribution in [0.4, 0.5) is 5.69 Å². The Morgan fingerprint density at radius 3 is 2.45 bits per heavy atom. The highest BCUT2D eigenvalue weighted by atomic mass is 16.6. The first-order valence-electron chi connectivity index (χ1n) is 10.3. The lowest BCUT2D eigenvalue weighted by atomic mass is 9.49. The van der Waals surface area contributed by atoms with Crippen LogP contribution in [0.5, 0.6) is 0 Å². The number of hydrogen-bond donors (Lipinski definition) is 1. The van der Waals surface area contributed by atoms with Gasteiger partial charge in [-0.25, -0.2) is 4.79 Å². The summed E-state index contributed by atoms with van der Waals surface area (Å²) in [4.78, 5) is 34.3. The number of rotatable bonds is 7. The van der Waals surface area contributed by atoms with Crippen LogP contribution in [0.15, 0.2) is 30.3 Å². The van der Waals surface area contributed by atoms with Crippen molar-refractivity contribution in [1.82, 2.24) is 5.32 Å². The minimum absolute atomic E-state index is 0.0513. The van der Waals surface area contributed by atoms with E-state index in [4.69, 9.17) is 4.74 Å². The third kappa shape index (κ3) is 4.66. The van der Waals surface area contributed by atoms with Crippen molar-refractivity contribution in [3.63, 3.8) is 0 Å². The van der Waals surface area contributed by atoms with E-state index in [-0.39, 0.29) is 23.6 Å². The highest BCUT2D eigenvalue weighted by molar-refractivity contribution is 5.89. The van der Waals surface area contributed by atoms with Gasteiger partial charge in [0.05, 0.1) is 4.92 Å². The number of hydrogen-bond acceptors (Lipinski definition) is 5. The monoisotopic (exact) mass is 398 g/mol. The normalized spacial score (nSPS) is 29.7. The molecule has 1 aromatic rings. The zero-order chi connectivity index (χ0) is 20.4. The molecule has 4 bridgehead atoms. The molecule has 4 aliphatic rings. The lowest BCUT2D eigenvalue weighted by Crippen LogP contribution is -2.51. The van der Waals surface area contributed by atoms with E-state index in [1.807, 2.05) is 0 Å². The third-order valence-corrected chi connectivity index (χ3v) is 6.66. The first-order valence-corrected chi connectivity index (χ1v) is 10.3. The SMILES string of the molecule is O=C(COC(=O)/C=C/c1cccc([N+](=O)[O-])c1)NCC12CC3CC(CC(C3)C1)C2. The van der Waals surface area contributed by atoms with E-state index >= 15 is 0 Å². The molecule has 0 spiro atoms. The molecule has 0 aromatic heterocycles. The Morgan fingerprint density at radius 1 is 1.17 bits per heavy atom. The minimum Gasteiger partial charge on any atom is -0.452 e. The first-order chi connectivity index (χ1) is 13.9. The molecule has 7 nitrogen and oxygen atoms in total. The molecule has 1 aromatic carbocycles. The number of benzene rings is 1. The van der Waals surface area contributed by atoms with Crippen LogP contribution in [-0.4, -0.2) is 30.0 Å². The van der Waals surface area contributed by atoms with Gasteiger partial charge in [-0.3, -0.25) is 14.9 Å². The number of carbonyl (C=O) groups is 2. The molecule has 0 aliphatic heterocycles. The summed E-state index contributed by atoms with van der Waals surface area (Å²) >= 11 is 0.